The lowest BCUT2D eigenvalue weighted by Crippen LogP contribution is -2.12. The van der Waals surface area contributed by atoms with Crippen molar-refractivity contribution in [3.8, 4) is 11.4 Å². The number of furan rings is 1. The average Bonchev–Trinajstić information content (AvgIpc) is 3.39. The highest BCUT2D eigenvalue weighted by Gasteiger charge is 2.30. The van der Waals surface area contributed by atoms with Crippen LogP contribution in [-0.4, -0.2) is 32.6 Å². The molecule has 1 saturated heterocycles. The fourth-order valence-electron chi connectivity index (χ4n) is 3.12. The Morgan fingerprint density at radius 1 is 1.18 bits per heavy atom. The molecule has 4 rings (SSSR count). The van der Waals surface area contributed by atoms with Crippen molar-refractivity contribution in [2.75, 3.05) is 6.61 Å². The Hall–Kier alpha value is -2.54. The number of esters is 1. The third-order valence-corrected chi connectivity index (χ3v) is 5.98. The third kappa shape index (κ3) is 3.85. The predicted molar refractivity (Wildman–Crippen MR) is 107 cm³/mol. The summed E-state index contributed by atoms with van der Waals surface area (Å²) >= 11 is 1.40. The molecular formula is C21H23N3O3S. The van der Waals surface area contributed by atoms with Crippen LogP contribution in [0.3, 0.4) is 0 Å². The van der Waals surface area contributed by atoms with Crippen LogP contribution in [0.1, 0.15) is 38.5 Å². The van der Waals surface area contributed by atoms with E-state index >= 15 is 0 Å². The lowest BCUT2D eigenvalue weighted by molar-refractivity contribution is -0.137. The molecule has 7 heteroatoms. The lowest BCUT2D eigenvalue weighted by atomic mass is 9.87. The van der Waals surface area contributed by atoms with Crippen LogP contribution in [-0.2, 0) is 21.5 Å². The maximum atomic E-state index is 11.9. The molecular weight excluding hydrogens is 374 g/mol. The molecule has 3 heterocycles. The average molecular weight is 398 g/mol. The first-order valence-corrected chi connectivity index (χ1v) is 10.2. The first kappa shape index (κ1) is 18.8. The third-order valence-electron chi connectivity index (χ3n) is 4.75. The Kier molecular flexibility index (Phi) is 5.02. The van der Waals surface area contributed by atoms with Gasteiger partial charge in [0.05, 0.1) is 19.4 Å². The van der Waals surface area contributed by atoms with Crippen molar-refractivity contribution >= 4 is 17.7 Å². The summed E-state index contributed by atoms with van der Waals surface area (Å²) < 4.78 is 12.6. The maximum absolute atomic E-state index is 11.9. The fraction of sp³-hybridized carbons (Fsp3) is 0.381. The SMILES string of the molecule is CC(C)(C)c1ccc(-c2nnc(S[C@@H]3CCOC3=O)n2Cc2ccco2)cc1. The molecule has 1 atom stereocenters. The van der Waals surface area contributed by atoms with E-state index in [2.05, 4.69) is 55.2 Å². The summed E-state index contributed by atoms with van der Waals surface area (Å²) in [6.07, 6.45) is 2.34. The van der Waals surface area contributed by atoms with Crippen molar-refractivity contribution in [3.05, 3.63) is 54.0 Å². The minimum Gasteiger partial charge on any atom is -0.467 e. The van der Waals surface area contributed by atoms with Gasteiger partial charge in [0.15, 0.2) is 11.0 Å². The summed E-state index contributed by atoms with van der Waals surface area (Å²) in [7, 11) is 0. The van der Waals surface area contributed by atoms with Gasteiger partial charge in [-0.1, -0.05) is 56.8 Å². The van der Waals surface area contributed by atoms with Crippen LogP contribution in [0.4, 0.5) is 0 Å². The number of aromatic nitrogens is 3. The van der Waals surface area contributed by atoms with E-state index in [0.29, 0.717) is 24.7 Å². The highest BCUT2D eigenvalue weighted by molar-refractivity contribution is 8.00. The second kappa shape index (κ2) is 7.47. The monoisotopic (exact) mass is 397 g/mol. The van der Waals surface area contributed by atoms with E-state index in [1.807, 2.05) is 16.7 Å². The molecule has 1 aromatic carbocycles. The van der Waals surface area contributed by atoms with Crippen LogP contribution in [0.5, 0.6) is 0 Å². The summed E-state index contributed by atoms with van der Waals surface area (Å²) in [5.41, 5.74) is 2.33. The number of carbonyl (C=O) groups excluding carboxylic acids is 1. The molecule has 3 aromatic rings. The fourth-order valence-corrected chi connectivity index (χ4v) is 4.12. The molecule has 0 N–H and O–H groups in total. The van der Waals surface area contributed by atoms with Gasteiger partial charge >= 0.3 is 5.97 Å². The number of rotatable bonds is 5. The highest BCUT2D eigenvalue weighted by atomic mass is 32.2. The summed E-state index contributed by atoms with van der Waals surface area (Å²) in [4.78, 5) is 11.9. The normalized spacial score (nSPS) is 17.1. The summed E-state index contributed by atoms with van der Waals surface area (Å²) in [6, 6.07) is 12.2. The van der Waals surface area contributed by atoms with E-state index in [1.165, 1.54) is 17.3 Å². The highest BCUT2D eigenvalue weighted by Crippen LogP contribution is 2.32. The number of benzene rings is 1. The zero-order valence-electron chi connectivity index (χ0n) is 16.2. The molecule has 146 valence electrons. The van der Waals surface area contributed by atoms with Gasteiger partial charge < -0.3 is 9.15 Å². The number of hydrogen-bond donors (Lipinski definition) is 0. The van der Waals surface area contributed by atoms with Crippen molar-refractivity contribution in [2.45, 2.75) is 49.6 Å². The van der Waals surface area contributed by atoms with Crippen LogP contribution in [0.15, 0.2) is 52.2 Å². The van der Waals surface area contributed by atoms with Crippen LogP contribution in [0, 0.1) is 0 Å². The van der Waals surface area contributed by atoms with Crippen LogP contribution in [0.25, 0.3) is 11.4 Å². The van der Waals surface area contributed by atoms with Gasteiger partial charge in [-0.2, -0.15) is 0 Å². The molecule has 0 saturated carbocycles. The topological polar surface area (TPSA) is 70.2 Å². The second-order valence-corrected chi connectivity index (χ2v) is 9.03. The molecule has 1 aliphatic heterocycles. The minimum absolute atomic E-state index is 0.0875. The zero-order chi connectivity index (χ0) is 19.7. The molecule has 28 heavy (non-hydrogen) atoms. The molecule has 1 aliphatic rings. The van der Waals surface area contributed by atoms with Crippen molar-refractivity contribution in [1.29, 1.82) is 0 Å². The Morgan fingerprint density at radius 2 is 1.96 bits per heavy atom. The predicted octanol–water partition coefficient (Wildman–Crippen LogP) is 4.29. The van der Waals surface area contributed by atoms with E-state index in [1.54, 1.807) is 6.26 Å². The summed E-state index contributed by atoms with van der Waals surface area (Å²) in [5.74, 6) is 1.38. The van der Waals surface area contributed by atoms with E-state index < -0.39 is 0 Å². The smallest absolute Gasteiger partial charge is 0.319 e. The van der Waals surface area contributed by atoms with E-state index in [4.69, 9.17) is 9.15 Å². The number of thioether (sulfide) groups is 1. The standard InChI is InChI=1S/C21H23N3O3S/c1-21(2,3)15-8-6-14(7-9-15)18-22-23-20(28-17-10-12-27-19(17)25)24(18)13-16-5-4-11-26-16/h4-9,11,17H,10,12-13H2,1-3H3/t17-/m1/s1. The molecule has 1 fully saturated rings. The van der Waals surface area contributed by atoms with Crippen LogP contribution < -0.4 is 0 Å². The van der Waals surface area contributed by atoms with Gasteiger partial charge in [0.1, 0.15) is 11.0 Å². The van der Waals surface area contributed by atoms with Gasteiger partial charge in [-0.05, 0) is 23.1 Å². The minimum atomic E-state index is -0.240. The molecule has 0 radical (unpaired) electrons. The van der Waals surface area contributed by atoms with E-state index in [-0.39, 0.29) is 16.6 Å². The van der Waals surface area contributed by atoms with E-state index in [9.17, 15) is 4.79 Å². The molecule has 0 spiro atoms. The Labute approximate surface area is 168 Å². The summed E-state index contributed by atoms with van der Waals surface area (Å²) in [6.45, 7) is 7.54. The first-order valence-electron chi connectivity index (χ1n) is 9.31. The van der Waals surface area contributed by atoms with Gasteiger partial charge in [0, 0.05) is 12.0 Å². The van der Waals surface area contributed by atoms with Crippen molar-refractivity contribution in [3.63, 3.8) is 0 Å². The molecule has 0 bridgehead atoms. The molecule has 2 aromatic heterocycles. The summed E-state index contributed by atoms with van der Waals surface area (Å²) in [5, 5.41) is 9.24. The largest absolute Gasteiger partial charge is 0.467 e. The molecule has 0 aliphatic carbocycles. The lowest BCUT2D eigenvalue weighted by Gasteiger charge is -2.19. The van der Waals surface area contributed by atoms with E-state index in [0.717, 1.165) is 17.1 Å². The van der Waals surface area contributed by atoms with Crippen molar-refractivity contribution in [1.82, 2.24) is 14.8 Å². The number of carbonyl (C=O) groups is 1. The number of hydrogen-bond acceptors (Lipinski definition) is 6. The first-order chi connectivity index (χ1) is 13.4. The molecule has 0 unspecified atom stereocenters. The second-order valence-electron chi connectivity index (χ2n) is 7.86. The molecule has 0 amide bonds. The van der Waals surface area contributed by atoms with Gasteiger partial charge in [-0.3, -0.25) is 9.36 Å². The van der Waals surface area contributed by atoms with Crippen LogP contribution in [0.2, 0.25) is 0 Å². The quantitative estimate of drug-likeness (QED) is 0.598. The zero-order valence-corrected chi connectivity index (χ0v) is 17.0. The van der Waals surface area contributed by atoms with Gasteiger partial charge in [-0.15, -0.1) is 10.2 Å². The van der Waals surface area contributed by atoms with Gasteiger partial charge in [0.25, 0.3) is 0 Å². The Morgan fingerprint density at radius 3 is 2.57 bits per heavy atom. The van der Waals surface area contributed by atoms with Crippen LogP contribution >= 0.6 is 11.8 Å². The van der Waals surface area contributed by atoms with Gasteiger partial charge in [0.2, 0.25) is 0 Å². The van der Waals surface area contributed by atoms with Crippen molar-refractivity contribution in [2.24, 2.45) is 0 Å². The number of cyclic esters (lactones) is 1. The maximum Gasteiger partial charge on any atom is 0.319 e. The number of nitrogens with zero attached hydrogens (tertiary/aromatic N) is 3. The van der Waals surface area contributed by atoms with Crippen molar-refractivity contribution < 1.29 is 13.9 Å². The Bertz CT molecular complexity index is 956. The number of ether oxygens (including phenoxy) is 1. The van der Waals surface area contributed by atoms with Gasteiger partial charge in [-0.25, -0.2) is 0 Å². The molecule has 6 nitrogen and oxygen atoms in total. The Balaban J connectivity index is 1.69.